The first-order valence-corrected chi connectivity index (χ1v) is 8.90. The number of benzene rings is 1. The molecule has 3 rings (SSSR count). The third kappa shape index (κ3) is 4.24. The summed E-state index contributed by atoms with van der Waals surface area (Å²) in [5.41, 5.74) is 1.14. The van der Waals surface area contributed by atoms with Crippen molar-refractivity contribution >= 4 is 27.4 Å². The molecule has 0 amide bonds. The Kier molecular flexibility index (Phi) is 5.31. The van der Waals surface area contributed by atoms with Gasteiger partial charge in [-0.3, -0.25) is 0 Å². The number of hydrogen-bond acceptors (Lipinski definition) is 5. The molecule has 1 N–H and O–H groups in total. The lowest BCUT2D eigenvalue weighted by molar-refractivity contribution is -0.144. The summed E-state index contributed by atoms with van der Waals surface area (Å²) >= 11 is 1.23. The van der Waals surface area contributed by atoms with Crippen LogP contribution >= 0.6 is 11.3 Å². The first kappa shape index (κ1) is 18.4. The van der Waals surface area contributed by atoms with E-state index in [-0.39, 0.29) is 5.82 Å². The fourth-order valence-electron chi connectivity index (χ4n) is 2.59. The molecule has 3 aromatic rings. The topological polar surface area (TPSA) is 47.0 Å². The number of nitrogens with zero attached hydrogens (tertiary/aromatic N) is 2. The van der Waals surface area contributed by atoms with Gasteiger partial charge < -0.3 is 10.1 Å². The van der Waals surface area contributed by atoms with Crippen LogP contribution in [0.1, 0.15) is 22.7 Å². The Labute approximate surface area is 153 Å². The van der Waals surface area contributed by atoms with E-state index in [9.17, 15) is 13.2 Å². The Morgan fingerprint density at radius 3 is 2.54 bits per heavy atom. The fourth-order valence-corrected chi connectivity index (χ4v) is 3.47. The van der Waals surface area contributed by atoms with Gasteiger partial charge in [-0.1, -0.05) is 12.1 Å². The van der Waals surface area contributed by atoms with Crippen molar-refractivity contribution < 1.29 is 17.9 Å². The van der Waals surface area contributed by atoms with Crippen molar-refractivity contribution in [2.45, 2.75) is 25.9 Å². The third-order valence-electron chi connectivity index (χ3n) is 3.86. The van der Waals surface area contributed by atoms with Gasteiger partial charge in [0.05, 0.1) is 12.5 Å². The molecule has 2 aromatic heterocycles. The zero-order valence-corrected chi connectivity index (χ0v) is 15.2. The fraction of sp³-hybridized carbons (Fsp3) is 0.333. The number of hydrogen-bond donors (Lipinski definition) is 1. The normalized spacial score (nSPS) is 11.7. The molecule has 1 aromatic carbocycles. The first-order chi connectivity index (χ1) is 12.4. The zero-order chi connectivity index (χ0) is 18.7. The molecule has 0 radical (unpaired) electrons. The summed E-state index contributed by atoms with van der Waals surface area (Å²) in [7, 11) is 1.61. The molecule has 0 saturated carbocycles. The predicted molar refractivity (Wildman–Crippen MR) is 97.0 cm³/mol. The molecule has 0 atom stereocenters. The Balaban J connectivity index is 1.69. The first-order valence-electron chi connectivity index (χ1n) is 8.09. The van der Waals surface area contributed by atoms with Gasteiger partial charge >= 0.3 is 6.18 Å². The summed E-state index contributed by atoms with van der Waals surface area (Å²) in [6.07, 6.45) is -2.99. The average Bonchev–Trinajstić information content (AvgIpc) is 2.98. The summed E-state index contributed by atoms with van der Waals surface area (Å²) < 4.78 is 44.2. The summed E-state index contributed by atoms with van der Waals surface area (Å²) in [4.78, 5) is 8.59. The maximum Gasteiger partial charge on any atom is 0.451 e. The molecule has 138 valence electrons. The van der Waals surface area contributed by atoms with Gasteiger partial charge in [-0.15, -0.1) is 11.3 Å². The highest BCUT2D eigenvalue weighted by Crippen LogP contribution is 2.33. The number of halogens is 3. The SMILES string of the molecule is COc1ccc(CCCNc2nc(C(F)(F)F)nc3sc(C)cc23)cc1. The van der Waals surface area contributed by atoms with Crippen LogP contribution in [0.3, 0.4) is 0 Å². The second kappa shape index (κ2) is 7.49. The number of aromatic nitrogens is 2. The van der Waals surface area contributed by atoms with E-state index in [1.807, 2.05) is 37.3 Å². The lowest BCUT2D eigenvalue weighted by Gasteiger charge is -2.10. The number of rotatable bonds is 6. The van der Waals surface area contributed by atoms with Gasteiger partial charge in [0.25, 0.3) is 0 Å². The van der Waals surface area contributed by atoms with E-state index in [4.69, 9.17) is 4.74 Å². The van der Waals surface area contributed by atoms with Gasteiger partial charge in [-0.2, -0.15) is 13.2 Å². The molecule has 0 unspecified atom stereocenters. The molecule has 0 aliphatic carbocycles. The van der Waals surface area contributed by atoms with Crippen molar-refractivity contribution in [3.63, 3.8) is 0 Å². The van der Waals surface area contributed by atoms with Crippen molar-refractivity contribution in [3.8, 4) is 5.75 Å². The number of fused-ring (bicyclic) bond motifs is 1. The number of aryl methyl sites for hydroxylation is 2. The van der Waals surface area contributed by atoms with Crippen LogP contribution in [0.4, 0.5) is 19.0 Å². The minimum absolute atomic E-state index is 0.237. The maximum atomic E-state index is 13.0. The Hall–Kier alpha value is -2.35. The summed E-state index contributed by atoms with van der Waals surface area (Å²) in [5, 5.41) is 3.67. The molecule has 0 saturated heterocycles. The summed E-state index contributed by atoms with van der Waals surface area (Å²) in [6.45, 7) is 2.36. The van der Waals surface area contributed by atoms with Gasteiger partial charge in [0, 0.05) is 11.4 Å². The zero-order valence-electron chi connectivity index (χ0n) is 14.4. The van der Waals surface area contributed by atoms with Crippen LogP contribution < -0.4 is 10.1 Å². The van der Waals surface area contributed by atoms with Gasteiger partial charge in [0.15, 0.2) is 0 Å². The smallest absolute Gasteiger partial charge is 0.451 e. The van der Waals surface area contributed by atoms with E-state index in [2.05, 4.69) is 15.3 Å². The van der Waals surface area contributed by atoms with E-state index < -0.39 is 12.0 Å². The molecule has 0 fully saturated rings. The van der Waals surface area contributed by atoms with E-state index in [1.54, 1.807) is 7.11 Å². The van der Waals surface area contributed by atoms with Crippen LogP contribution in [0.25, 0.3) is 10.2 Å². The molecule has 0 aliphatic heterocycles. The van der Waals surface area contributed by atoms with E-state index in [0.29, 0.717) is 16.8 Å². The van der Waals surface area contributed by atoms with Crippen LogP contribution in [0.15, 0.2) is 30.3 Å². The quantitative estimate of drug-likeness (QED) is 0.606. The highest BCUT2D eigenvalue weighted by molar-refractivity contribution is 7.18. The van der Waals surface area contributed by atoms with Crippen LogP contribution in [0.2, 0.25) is 0 Å². The minimum atomic E-state index is -4.56. The second-order valence-corrected chi connectivity index (χ2v) is 7.08. The molecule has 0 spiro atoms. The van der Waals surface area contributed by atoms with Gasteiger partial charge in [0.2, 0.25) is 5.82 Å². The van der Waals surface area contributed by atoms with Crippen molar-refractivity contribution in [2.75, 3.05) is 19.0 Å². The second-order valence-electron chi connectivity index (χ2n) is 5.85. The van der Waals surface area contributed by atoms with Crippen LogP contribution in [-0.4, -0.2) is 23.6 Å². The summed E-state index contributed by atoms with van der Waals surface area (Å²) in [6, 6.07) is 9.55. The highest BCUT2D eigenvalue weighted by atomic mass is 32.1. The number of methoxy groups -OCH3 is 1. The van der Waals surface area contributed by atoms with Crippen LogP contribution in [-0.2, 0) is 12.6 Å². The van der Waals surface area contributed by atoms with Gasteiger partial charge in [-0.05, 0) is 43.5 Å². The lowest BCUT2D eigenvalue weighted by Crippen LogP contribution is -2.13. The molecular formula is C18H18F3N3OS. The van der Waals surface area contributed by atoms with E-state index in [0.717, 1.165) is 29.0 Å². The number of nitrogens with one attached hydrogen (secondary N) is 1. The Morgan fingerprint density at radius 1 is 1.15 bits per heavy atom. The van der Waals surface area contributed by atoms with Gasteiger partial charge in [0.1, 0.15) is 16.4 Å². The molecular weight excluding hydrogens is 363 g/mol. The Morgan fingerprint density at radius 2 is 1.88 bits per heavy atom. The van der Waals surface area contributed by atoms with Crippen molar-refractivity contribution in [2.24, 2.45) is 0 Å². The Bertz CT molecular complexity index is 891. The largest absolute Gasteiger partial charge is 0.497 e. The number of anilines is 1. The molecule has 8 heteroatoms. The van der Waals surface area contributed by atoms with Crippen molar-refractivity contribution in [1.29, 1.82) is 0 Å². The highest BCUT2D eigenvalue weighted by Gasteiger charge is 2.35. The number of ether oxygens (including phenoxy) is 1. The minimum Gasteiger partial charge on any atom is -0.497 e. The maximum absolute atomic E-state index is 13.0. The predicted octanol–water partition coefficient (Wildman–Crippen LogP) is 5.07. The monoisotopic (exact) mass is 381 g/mol. The standard InChI is InChI=1S/C18H18F3N3OS/c1-11-10-14-15(23-17(18(19,20)21)24-16(14)26-11)22-9-3-4-12-5-7-13(25-2)8-6-12/h5-8,10H,3-4,9H2,1-2H3,(H,22,23,24). The number of thiophene rings is 1. The average molecular weight is 381 g/mol. The van der Waals surface area contributed by atoms with E-state index in [1.165, 1.54) is 11.3 Å². The molecule has 26 heavy (non-hydrogen) atoms. The van der Waals surface area contributed by atoms with Crippen molar-refractivity contribution in [1.82, 2.24) is 9.97 Å². The van der Waals surface area contributed by atoms with E-state index >= 15 is 0 Å². The molecule has 4 nitrogen and oxygen atoms in total. The van der Waals surface area contributed by atoms with Crippen LogP contribution in [0, 0.1) is 6.92 Å². The van der Waals surface area contributed by atoms with Crippen LogP contribution in [0.5, 0.6) is 5.75 Å². The molecule has 2 heterocycles. The molecule has 0 bridgehead atoms. The molecule has 0 aliphatic rings. The van der Waals surface area contributed by atoms with Gasteiger partial charge in [-0.25, -0.2) is 9.97 Å². The lowest BCUT2D eigenvalue weighted by atomic mass is 10.1. The summed E-state index contributed by atoms with van der Waals surface area (Å²) in [5.74, 6) is -0.0753. The van der Waals surface area contributed by atoms with Crippen molar-refractivity contribution in [3.05, 3.63) is 46.6 Å². The third-order valence-corrected chi connectivity index (χ3v) is 4.81. The number of alkyl halides is 3.